The van der Waals surface area contributed by atoms with Gasteiger partial charge in [-0.05, 0) is 43.7 Å². The number of aryl methyl sites for hydroxylation is 2. The number of fused-ring (bicyclic) bond motifs is 1. The molecule has 3 aromatic rings. The van der Waals surface area contributed by atoms with Gasteiger partial charge in [0, 0.05) is 15.8 Å². The number of nitrogens with one attached hydrogen (secondary N) is 1. The second-order valence-electron chi connectivity index (χ2n) is 5.70. The Hall–Kier alpha value is -2.38. The highest BCUT2D eigenvalue weighted by molar-refractivity contribution is 7.15. The van der Waals surface area contributed by atoms with Gasteiger partial charge in [0.05, 0.1) is 10.6 Å². The summed E-state index contributed by atoms with van der Waals surface area (Å²) in [7, 11) is 0. The number of aromatic nitrogens is 1. The molecule has 0 bridgehead atoms. The molecule has 4 rings (SSSR count). The smallest absolute Gasteiger partial charge is 0.267 e. The molecule has 128 valence electrons. The zero-order valence-corrected chi connectivity index (χ0v) is 15.4. The lowest BCUT2D eigenvalue weighted by Gasteiger charge is -2.18. The number of nitrogens with zero attached hydrogens (tertiary/aromatic N) is 1. The SMILES string of the molecule is Cc1cc(C(=O)Nc2nc(-c3ccc4c(c3)OCCO4)cs2)sc1C. The summed E-state index contributed by atoms with van der Waals surface area (Å²) in [5.74, 6) is 1.36. The molecule has 0 saturated heterocycles. The number of thiophene rings is 1. The van der Waals surface area contributed by atoms with Gasteiger partial charge in [0.2, 0.25) is 0 Å². The van der Waals surface area contributed by atoms with Crippen LogP contribution in [0.4, 0.5) is 5.13 Å². The standard InChI is InChI=1S/C18H16N2O3S2/c1-10-7-16(25-11(10)2)17(21)20-18-19-13(9-24-18)12-3-4-14-15(8-12)23-6-5-22-14/h3-4,7-9H,5-6H2,1-2H3,(H,19,20,21). The topological polar surface area (TPSA) is 60.5 Å². The molecule has 1 aliphatic rings. The van der Waals surface area contributed by atoms with E-state index in [4.69, 9.17) is 9.47 Å². The van der Waals surface area contributed by atoms with Crippen LogP contribution in [0.15, 0.2) is 29.6 Å². The lowest BCUT2D eigenvalue weighted by Crippen LogP contribution is -2.15. The fourth-order valence-corrected chi connectivity index (χ4v) is 4.15. The van der Waals surface area contributed by atoms with Crippen LogP contribution in [0.25, 0.3) is 11.3 Å². The second kappa shape index (κ2) is 6.50. The number of hydrogen-bond donors (Lipinski definition) is 1. The van der Waals surface area contributed by atoms with Crippen LogP contribution < -0.4 is 14.8 Å². The van der Waals surface area contributed by atoms with Crippen molar-refractivity contribution in [2.45, 2.75) is 13.8 Å². The summed E-state index contributed by atoms with van der Waals surface area (Å²) in [6.45, 7) is 5.14. The Kier molecular flexibility index (Phi) is 4.19. The fourth-order valence-electron chi connectivity index (χ4n) is 2.51. The summed E-state index contributed by atoms with van der Waals surface area (Å²) in [4.78, 5) is 18.7. The summed E-state index contributed by atoms with van der Waals surface area (Å²) < 4.78 is 11.1. The number of benzene rings is 1. The number of amides is 1. The summed E-state index contributed by atoms with van der Waals surface area (Å²) >= 11 is 2.90. The molecule has 1 aromatic carbocycles. The van der Waals surface area contributed by atoms with Crippen LogP contribution in [-0.4, -0.2) is 24.1 Å². The molecule has 0 radical (unpaired) electrons. The largest absolute Gasteiger partial charge is 0.486 e. The molecule has 2 aromatic heterocycles. The molecule has 7 heteroatoms. The van der Waals surface area contributed by atoms with Crippen molar-refractivity contribution >= 4 is 33.7 Å². The van der Waals surface area contributed by atoms with E-state index in [0.29, 0.717) is 23.2 Å². The van der Waals surface area contributed by atoms with E-state index in [0.717, 1.165) is 33.2 Å². The highest BCUT2D eigenvalue weighted by Crippen LogP contribution is 2.35. The van der Waals surface area contributed by atoms with E-state index < -0.39 is 0 Å². The number of ether oxygens (including phenoxy) is 2. The molecule has 0 atom stereocenters. The Morgan fingerprint density at radius 3 is 2.72 bits per heavy atom. The van der Waals surface area contributed by atoms with Gasteiger partial charge in [0.1, 0.15) is 13.2 Å². The zero-order chi connectivity index (χ0) is 17.4. The lowest BCUT2D eigenvalue weighted by molar-refractivity contribution is 0.103. The van der Waals surface area contributed by atoms with E-state index in [-0.39, 0.29) is 5.91 Å². The maximum absolute atomic E-state index is 12.3. The summed E-state index contributed by atoms with van der Waals surface area (Å²) in [6, 6.07) is 7.66. The van der Waals surface area contributed by atoms with Gasteiger partial charge in [0.15, 0.2) is 16.6 Å². The molecular weight excluding hydrogens is 356 g/mol. The van der Waals surface area contributed by atoms with Crippen molar-refractivity contribution in [1.82, 2.24) is 4.98 Å². The number of anilines is 1. The van der Waals surface area contributed by atoms with Crippen molar-refractivity contribution in [2.75, 3.05) is 18.5 Å². The number of thiazole rings is 1. The first kappa shape index (κ1) is 16.1. The van der Waals surface area contributed by atoms with Crippen molar-refractivity contribution in [3.63, 3.8) is 0 Å². The maximum Gasteiger partial charge on any atom is 0.267 e. The summed E-state index contributed by atoms with van der Waals surface area (Å²) in [5.41, 5.74) is 2.87. The third-order valence-corrected chi connectivity index (χ3v) is 5.86. The minimum Gasteiger partial charge on any atom is -0.486 e. The van der Waals surface area contributed by atoms with Gasteiger partial charge in [-0.15, -0.1) is 22.7 Å². The Morgan fingerprint density at radius 2 is 1.96 bits per heavy atom. The van der Waals surface area contributed by atoms with Crippen molar-refractivity contribution in [2.24, 2.45) is 0 Å². The van der Waals surface area contributed by atoms with E-state index in [1.54, 1.807) is 0 Å². The molecular formula is C18H16N2O3S2. The van der Waals surface area contributed by atoms with Crippen LogP contribution in [-0.2, 0) is 0 Å². The van der Waals surface area contributed by atoms with Crippen LogP contribution in [0, 0.1) is 13.8 Å². The van der Waals surface area contributed by atoms with Gasteiger partial charge in [-0.3, -0.25) is 10.1 Å². The highest BCUT2D eigenvalue weighted by atomic mass is 32.1. The van der Waals surface area contributed by atoms with E-state index in [1.165, 1.54) is 22.7 Å². The van der Waals surface area contributed by atoms with Gasteiger partial charge >= 0.3 is 0 Å². The Bertz CT molecular complexity index is 926. The van der Waals surface area contributed by atoms with Crippen molar-refractivity contribution < 1.29 is 14.3 Å². The molecule has 3 heterocycles. The average molecular weight is 372 g/mol. The first-order valence-electron chi connectivity index (χ1n) is 7.84. The van der Waals surface area contributed by atoms with Gasteiger partial charge in [0.25, 0.3) is 5.91 Å². The number of hydrogen-bond acceptors (Lipinski definition) is 6. The minimum atomic E-state index is -0.121. The minimum absolute atomic E-state index is 0.121. The van der Waals surface area contributed by atoms with Crippen LogP contribution >= 0.6 is 22.7 Å². The zero-order valence-electron chi connectivity index (χ0n) is 13.8. The monoisotopic (exact) mass is 372 g/mol. The molecule has 0 spiro atoms. The average Bonchev–Trinajstić information content (AvgIpc) is 3.21. The normalized spacial score (nSPS) is 12.9. The third kappa shape index (κ3) is 3.25. The molecule has 0 fully saturated rings. The van der Waals surface area contributed by atoms with Crippen LogP contribution in [0.1, 0.15) is 20.1 Å². The number of carbonyl (C=O) groups excluding carboxylic acids is 1. The van der Waals surface area contributed by atoms with Crippen LogP contribution in [0.5, 0.6) is 11.5 Å². The maximum atomic E-state index is 12.3. The third-order valence-electron chi connectivity index (χ3n) is 3.95. The number of carbonyl (C=O) groups is 1. The van der Waals surface area contributed by atoms with Crippen LogP contribution in [0.3, 0.4) is 0 Å². The predicted octanol–water partition coefficient (Wildman–Crippen LogP) is 4.51. The van der Waals surface area contributed by atoms with E-state index in [2.05, 4.69) is 10.3 Å². The van der Waals surface area contributed by atoms with E-state index in [1.807, 2.05) is 43.5 Å². The van der Waals surface area contributed by atoms with Crippen LogP contribution in [0.2, 0.25) is 0 Å². The molecule has 0 unspecified atom stereocenters. The van der Waals surface area contributed by atoms with Gasteiger partial charge < -0.3 is 9.47 Å². The Morgan fingerprint density at radius 1 is 1.16 bits per heavy atom. The summed E-state index contributed by atoms with van der Waals surface area (Å²) in [5, 5.41) is 5.38. The van der Waals surface area contributed by atoms with Gasteiger partial charge in [-0.2, -0.15) is 0 Å². The number of rotatable bonds is 3. The molecule has 1 N–H and O–H groups in total. The first-order valence-corrected chi connectivity index (χ1v) is 9.54. The Balaban J connectivity index is 1.53. The Labute approximate surface area is 153 Å². The fraction of sp³-hybridized carbons (Fsp3) is 0.222. The van der Waals surface area contributed by atoms with Gasteiger partial charge in [-0.25, -0.2) is 4.98 Å². The molecule has 0 saturated carbocycles. The quantitative estimate of drug-likeness (QED) is 0.735. The van der Waals surface area contributed by atoms with Crippen molar-refractivity contribution in [3.05, 3.63) is 45.0 Å². The lowest BCUT2D eigenvalue weighted by atomic mass is 10.1. The second-order valence-corrected chi connectivity index (χ2v) is 7.81. The first-order chi connectivity index (χ1) is 12.1. The van der Waals surface area contributed by atoms with Gasteiger partial charge in [-0.1, -0.05) is 0 Å². The highest BCUT2D eigenvalue weighted by Gasteiger charge is 2.16. The molecule has 0 aliphatic carbocycles. The predicted molar refractivity (Wildman–Crippen MR) is 100 cm³/mol. The van der Waals surface area contributed by atoms with Crippen molar-refractivity contribution in [1.29, 1.82) is 0 Å². The molecule has 1 amide bonds. The van der Waals surface area contributed by atoms with E-state index >= 15 is 0 Å². The van der Waals surface area contributed by atoms with E-state index in [9.17, 15) is 4.79 Å². The molecule has 1 aliphatic heterocycles. The molecule has 5 nitrogen and oxygen atoms in total. The molecule has 25 heavy (non-hydrogen) atoms. The van der Waals surface area contributed by atoms with Crippen molar-refractivity contribution in [3.8, 4) is 22.8 Å². The summed E-state index contributed by atoms with van der Waals surface area (Å²) in [6.07, 6.45) is 0.